The number of hydrogen-bond donors (Lipinski definition) is 1. The molecule has 0 amide bonds. The van der Waals surface area contributed by atoms with Crippen LogP contribution in [0.2, 0.25) is 5.02 Å². The predicted octanol–water partition coefficient (Wildman–Crippen LogP) is 3.61. The number of halogens is 2. The number of hydrogen-bond acceptors (Lipinski definition) is 8. The fourth-order valence-corrected chi connectivity index (χ4v) is 3.32. The van der Waals surface area contributed by atoms with Crippen molar-refractivity contribution in [2.24, 2.45) is 0 Å². The lowest BCUT2D eigenvalue weighted by Gasteiger charge is -2.13. The van der Waals surface area contributed by atoms with Gasteiger partial charge in [0.2, 0.25) is 0 Å². The first kappa shape index (κ1) is 26.6. The summed E-state index contributed by atoms with van der Waals surface area (Å²) in [7, 11) is 0. The summed E-state index contributed by atoms with van der Waals surface area (Å²) in [6, 6.07) is 12.0. The average Bonchev–Trinajstić information content (AvgIpc) is 2.87. The molecule has 1 heterocycles. The summed E-state index contributed by atoms with van der Waals surface area (Å²) in [5, 5.41) is 30.9. The van der Waals surface area contributed by atoms with Crippen LogP contribution in [-0.4, -0.2) is 26.8 Å². The Labute approximate surface area is 214 Å². The molecule has 10 nitrogen and oxygen atoms in total. The molecule has 1 N–H and O–H groups in total. The number of aliphatic carboxylic acids is 1. The highest BCUT2D eigenvalue weighted by molar-refractivity contribution is 6.32. The summed E-state index contributed by atoms with van der Waals surface area (Å²) >= 11 is 6.14. The first-order valence-corrected chi connectivity index (χ1v) is 10.7. The fourth-order valence-electron chi connectivity index (χ4n) is 3.13. The van der Waals surface area contributed by atoms with E-state index in [-0.39, 0.29) is 50.9 Å². The van der Waals surface area contributed by atoms with Crippen molar-refractivity contribution in [1.29, 1.82) is 10.5 Å². The molecule has 0 saturated heterocycles. The minimum absolute atomic E-state index is 0.0369. The van der Waals surface area contributed by atoms with E-state index < -0.39 is 30.0 Å². The van der Waals surface area contributed by atoms with Crippen LogP contribution in [0, 0.1) is 35.4 Å². The molecule has 0 saturated carbocycles. The molecule has 12 heteroatoms. The molecule has 0 fully saturated rings. The minimum Gasteiger partial charge on any atom is -0.478 e. The normalized spacial score (nSPS) is 10.5. The van der Waals surface area contributed by atoms with E-state index in [1.807, 2.05) is 12.1 Å². The molecular weight excluding hydrogens is 507 g/mol. The van der Waals surface area contributed by atoms with Crippen LogP contribution < -0.4 is 10.3 Å². The van der Waals surface area contributed by atoms with Crippen LogP contribution in [0.3, 0.4) is 0 Å². The molecule has 0 atom stereocenters. The molecule has 0 radical (unpaired) electrons. The van der Waals surface area contributed by atoms with Crippen molar-refractivity contribution in [3.63, 3.8) is 0 Å². The van der Waals surface area contributed by atoms with Crippen molar-refractivity contribution < 1.29 is 28.6 Å². The SMILES string of the molecule is Cc1cc(Cc2ccc(Cl)c(Oc3cc(C#N)cc(C#N)c3)c2F)nn(COC(=O)/C=C/C(=O)O)c1=O. The number of carboxylic acids is 1. The Morgan fingerprint density at radius 1 is 1.16 bits per heavy atom. The quantitative estimate of drug-likeness (QED) is 0.345. The number of nitrogens with zero attached hydrogens (tertiary/aromatic N) is 4. The average molecular weight is 523 g/mol. The van der Waals surface area contributed by atoms with Crippen LogP contribution in [0.5, 0.6) is 11.5 Å². The largest absolute Gasteiger partial charge is 0.478 e. The molecule has 3 aromatic rings. The van der Waals surface area contributed by atoms with Crippen LogP contribution in [0.15, 0.2) is 53.3 Å². The van der Waals surface area contributed by atoms with Crippen molar-refractivity contribution in [2.45, 2.75) is 20.1 Å². The highest BCUT2D eigenvalue weighted by Crippen LogP contribution is 2.35. The third kappa shape index (κ3) is 6.78. The Kier molecular flexibility index (Phi) is 8.35. The van der Waals surface area contributed by atoms with Crippen molar-refractivity contribution in [3.05, 3.63) is 97.7 Å². The minimum atomic E-state index is -1.35. The summed E-state index contributed by atoms with van der Waals surface area (Å²) < 4.78 is 26.7. The highest BCUT2D eigenvalue weighted by atomic mass is 35.5. The van der Waals surface area contributed by atoms with Gasteiger partial charge in [-0.3, -0.25) is 4.79 Å². The zero-order valence-corrected chi connectivity index (χ0v) is 19.8. The molecule has 0 unspecified atom stereocenters. The van der Waals surface area contributed by atoms with E-state index in [4.69, 9.17) is 36.7 Å². The number of aryl methyl sites for hydroxylation is 1. The molecule has 0 aliphatic rings. The topological polar surface area (TPSA) is 155 Å². The van der Waals surface area contributed by atoms with Crippen LogP contribution in [-0.2, 0) is 27.5 Å². The molecule has 3 rings (SSSR count). The Bertz CT molecular complexity index is 1540. The summed E-state index contributed by atoms with van der Waals surface area (Å²) in [4.78, 5) is 34.5. The number of carboxylic acid groups (broad SMARTS) is 1. The second-order valence-corrected chi connectivity index (χ2v) is 7.89. The molecule has 0 spiro atoms. The maximum atomic E-state index is 15.4. The molecule has 0 aliphatic heterocycles. The first-order chi connectivity index (χ1) is 17.6. The van der Waals surface area contributed by atoms with E-state index in [0.717, 1.165) is 4.68 Å². The Morgan fingerprint density at radius 2 is 1.84 bits per heavy atom. The van der Waals surface area contributed by atoms with E-state index in [2.05, 4.69) is 5.10 Å². The third-order valence-corrected chi connectivity index (χ3v) is 5.08. The predicted molar refractivity (Wildman–Crippen MR) is 126 cm³/mol. The Morgan fingerprint density at radius 3 is 2.46 bits per heavy atom. The van der Waals surface area contributed by atoms with Crippen molar-refractivity contribution >= 4 is 23.5 Å². The van der Waals surface area contributed by atoms with Crippen LogP contribution in [0.1, 0.15) is 27.9 Å². The van der Waals surface area contributed by atoms with Gasteiger partial charge in [0.15, 0.2) is 18.3 Å². The lowest BCUT2D eigenvalue weighted by Crippen LogP contribution is -2.28. The Hall–Kier alpha value is -5.00. The number of ether oxygens (including phenoxy) is 2. The third-order valence-electron chi connectivity index (χ3n) is 4.78. The standard InChI is InChI=1S/C25H16ClFN4O6/c1-14-6-18(30-31(25(14)35)13-36-22(34)5-4-21(32)33)10-17-2-3-20(26)24(23(17)27)37-19-8-15(11-28)7-16(9-19)12-29/h2-9H,10,13H2,1H3,(H,32,33)/b5-4+. The maximum absolute atomic E-state index is 15.4. The van der Waals surface area contributed by atoms with Gasteiger partial charge in [-0.2, -0.15) is 20.3 Å². The van der Waals surface area contributed by atoms with Crippen molar-refractivity contribution in [1.82, 2.24) is 9.78 Å². The summed E-state index contributed by atoms with van der Waals surface area (Å²) in [6.07, 6.45) is 1.16. The van der Waals surface area contributed by atoms with E-state index in [0.29, 0.717) is 12.2 Å². The second-order valence-electron chi connectivity index (χ2n) is 7.49. The number of carbonyl (C=O) groups is 2. The molecule has 0 bridgehead atoms. The van der Waals surface area contributed by atoms with Crippen LogP contribution >= 0.6 is 11.6 Å². The first-order valence-electron chi connectivity index (χ1n) is 10.4. The highest BCUT2D eigenvalue weighted by Gasteiger charge is 2.18. The number of aromatic nitrogens is 2. The van der Waals surface area contributed by atoms with Gasteiger partial charge < -0.3 is 14.6 Å². The van der Waals surface area contributed by atoms with E-state index in [1.54, 1.807) is 0 Å². The fraction of sp³-hybridized carbons (Fsp3) is 0.120. The smallest absolute Gasteiger partial charge is 0.332 e. The van der Waals surface area contributed by atoms with E-state index >= 15 is 4.39 Å². The zero-order chi connectivity index (χ0) is 27.1. The number of esters is 1. The summed E-state index contributed by atoms with van der Waals surface area (Å²) in [5.41, 5.74) is 0.315. The van der Waals surface area contributed by atoms with E-state index in [9.17, 15) is 14.4 Å². The van der Waals surface area contributed by atoms with Gasteiger partial charge in [-0.25, -0.2) is 14.0 Å². The zero-order valence-electron chi connectivity index (χ0n) is 19.1. The number of rotatable bonds is 8. The van der Waals surface area contributed by atoms with Crippen LogP contribution in [0.4, 0.5) is 4.39 Å². The van der Waals surface area contributed by atoms with Gasteiger partial charge >= 0.3 is 11.9 Å². The summed E-state index contributed by atoms with van der Waals surface area (Å²) in [6.45, 7) is 0.905. The van der Waals surface area contributed by atoms with Gasteiger partial charge in [0, 0.05) is 24.1 Å². The molecule has 37 heavy (non-hydrogen) atoms. The van der Waals surface area contributed by atoms with Gasteiger partial charge in [0.25, 0.3) is 5.56 Å². The Balaban J connectivity index is 1.88. The lowest BCUT2D eigenvalue weighted by atomic mass is 10.1. The van der Waals surface area contributed by atoms with Gasteiger partial charge in [-0.05, 0) is 42.8 Å². The van der Waals surface area contributed by atoms with Crippen molar-refractivity contribution in [2.75, 3.05) is 0 Å². The summed E-state index contributed by atoms with van der Waals surface area (Å²) in [5.74, 6) is -3.46. The number of nitriles is 2. The number of benzene rings is 2. The monoisotopic (exact) mass is 522 g/mol. The molecule has 0 aliphatic carbocycles. The number of carbonyl (C=O) groups excluding carboxylic acids is 1. The van der Waals surface area contributed by atoms with Gasteiger partial charge in [-0.1, -0.05) is 17.7 Å². The lowest BCUT2D eigenvalue weighted by molar-refractivity contribution is -0.142. The molecule has 186 valence electrons. The van der Waals surface area contributed by atoms with Crippen LogP contribution in [0.25, 0.3) is 0 Å². The molecule has 1 aromatic heterocycles. The maximum Gasteiger partial charge on any atom is 0.332 e. The van der Waals surface area contributed by atoms with Crippen molar-refractivity contribution in [3.8, 4) is 23.6 Å². The van der Waals surface area contributed by atoms with Gasteiger partial charge in [-0.15, -0.1) is 0 Å². The second kappa shape index (κ2) is 11.6. The molecular formula is C25H16ClFN4O6. The van der Waals surface area contributed by atoms with E-state index in [1.165, 1.54) is 43.3 Å². The molecule has 2 aromatic carbocycles. The van der Waals surface area contributed by atoms with Gasteiger partial charge in [0.1, 0.15) is 5.75 Å². The van der Waals surface area contributed by atoms with Gasteiger partial charge in [0.05, 0.1) is 34.0 Å².